The molecule has 4 rings (SSSR count). The first kappa shape index (κ1) is 21.9. The third-order valence-corrected chi connectivity index (χ3v) is 5.78. The third kappa shape index (κ3) is 3.96. The number of methoxy groups -OCH3 is 2. The van der Waals surface area contributed by atoms with E-state index in [1.165, 1.54) is 31.4 Å². The highest BCUT2D eigenvalue weighted by Gasteiger charge is 2.45. The molecule has 0 aliphatic carbocycles. The number of ether oxygens (including phenoxy) is 3. The van der Waals surface area contributed by atoms with E-state index in [1.54, 1.807) is 24.3 Å². The van der Waals surface area contributed by atoms with Gasteiger partial charge in [0.1, 0.15) is 0 Å². The first-order valence-electron chi connectivity index (χ1n) is 10.4. The Morgan fingerprint density at radius 3 is 2.56 bits per heavy atom. The van der Waals surface area contributed by atoms with Gasteiger partial charge in [-0.3, -0.25) is 14.5 Å². The Morgan fingerprint density at radius 1 is 1.12 bits per heavy atom. The number of Topliss-reactive ketones (excluding diaryl/α,β-unsaturated/α-hetero) is 1. The fourth-order valence-electron chi connectivity index (χ4n) is 4.18. The highest BCUT2D eigenvalue weighted by Crippen LogP contribution is 2.45. The number of para-hydroxylation sites is 1. The molecule has 0 bridgehead atoms. The molecule has 32 heavy (non-hydrogen) atoms. The van der Waals surface area contributed by atoms with Crippen molar-refractivity contribution in [2.24, 2.45) is 0 Å². The summed E-state index contributed by atoms with van der Waals surface area (Å²) in [6.45, 7) is 3.66. The van der Waals surface area contributed by atoms with Crippen molar-refractivity contribution in [1.29, 1.82) is 0 Å². The molecule has 9 nitrogen and oxygen atoms in total. The Bertz CT molecular complexity index is 1010. The van der Waals surface area contributed by atoms with Gasteiger partial charge >= 0.3 is 0 Å². The van der Waals surface area contributed by atoms with Crippen molar-refractivity contribution in [1.82, 2.24) is 9.80 Å². The van der Waals surface area contributed by atoms with E-state index in [2.05, 4.69) is 4.90 Å². The Kier molecular flexibility index (Phi) is 6.48. The maximum Gasteiger partial charge on any atom is 0.290 e. The molecule has 170 valence electrons. The van der Waals surface area contributed by atoms with Crippen LogP contribution in [-0.2, 0) is 9.53 Å². The second kappa shape index (κ2) is 9.46. The van der Waals surface area contributed by atoms with Crippen LogP contribution >= 0.6 is 0 Å². The number of amides is 1. The molecule has 1 N–H and O–H groups in total. The van der Waals surface area contributed by atoms with Gasteiger partial charge in [0, 0.05) is 31.7 Å². The summed E-state index contributed by atoms with van der Waals surface area (Å²) in [5, 5.41) is 10.8. The van der Waals surface area contributed by atoms with Gasteiger partial charge in [0.2, 0.25) is 5.78 Å². The van der Waals surface area contributed by atoms with Gasteiger partial charge in [0.05, 0.1) is 45.3 Å². The third-order valence-electron chi connectivity index (χ3n) is 5.78. The van der Waals surface area contributed by atoms with Crippen LogP contribution in [0.3, 0.4) is 0 Å². The molecule has 1 saturated heterocycles. The molecular formula is C23H26N2O7. The first-order valence-corrected chi connectivity index (χ1v) is 10.4. The Morgan fingerprint density at radius 2 is 1.91 bits per heavy atom. The molecule has 1 fully saturated rings. The quantitative estimate of drug-likeness (QED) is 0.621. The van der Waals surface area contributed by atoms with Gasteiger partial charge in [-0.15, -0.1) is 0 Å². The number of carbonyl (C=O) groups excluding carboxylic acids is 2. The number of hydrogen-bond acceptors (Lipinski definition) is 8. The van der Waals surface area contributed by atoms with Crippen molar-refractivity contribution in [3.05, 3.63) is 59.3 Å². The van der Waals surface area contributed by atoms with Crippen LogP contribution in [0.15, 0.2) is 52.3 Å². The number of aliphatic hydroxyl groups is 1. The SMILES string of the molecule is COc1cccc([C@@H]2C(C(=O)c3ccco3)=C(O)C(=O)N2CCN2CCOCC2)c1OC. The van der Waals surface area contributed by atoms with Crippen molar-refractivity contribution in [3.63, 3.8) is 0 Å². The zero-order valence-corrected chi connectivity index (χ0v) is 18.1. The lowest BCUT2D eigenvalue weighted by atomic mass is 9.94. The number of ketones is 1. The molecule has 1 aromatic carbocycles. The highest BCUT2D eigenvalue weighted by atomic mass is 16.5. The lowest BCUT2D eigenvalue weighted by Gasteiger charge is -2.32. The number of rotatable bonds is 8. The van der Waals surface area contributed by atoms with Crippen LogP contribution in [0.5, 0.6) is 11.5 Å². The molecule has 0 radical (unpaired) electrons. The van der Waals surface area contributed by atoms with Gasteiger partial charge in [-0.25, -0.2) is 0 Å². The minimum atomic E-state index is -0.855. The van der Waals surface area contributed by atoms with Gasteiger partial charge in [-0.05, 0) is 18.2 Å². The van der Waals surface area contributed by atoms with Crippen LogP contribution in [0.4, 0.5) is 0 Å². The molecule has 2 aliphatic rings. The van der Waals surface area contributed by atoms with Crippen molar-refractivity contribution >= 4 is 11.7 Å². The van der Waals surface area contributed by atoms with E-state index in [4.69, 9.17) is 18.6 Å². The van der Waals surface area contributed by atoms with Crippen molar-refractivity contribution in [2.45, 2.75) is 6.04 Å². The maximum absolute atomic E-state index is 13.3. The number of benzene rings is 1. The van der Waals surface area contributed by atoms with Gasteiger partial charge in [-0.2, -0.15) is 0 Å². The predicted molar refractivity (Wildman–Crippen MR) is 114 cm³/mol. The smallest absolute Gasteiger partial charge is 0.290 e. The van der Waals surface area contributed by atoms with E-state index in [1.807, 2.05) is 0 Å². The molecular weight excluding hydrogens is 416 g/mol. The van der Waals surface area contributed by atoms with Gasteiger partial charge < -0.3 is 28.6 Å². The summed E-state index contributed by atoms with van der Waals surface area (Å²) in [7, 11) is 3.01. The monoisotopic (exact) mass is 442 g/mol. The summed E-state index contributed by atoms with van der Waals surface area (Å²) in [4.78, 5) is 30.1. The molecule has 0 unspecified atom stereocenters. The fourth-order valence-corrected chi connectivity index (χ4v) is 4.18. The first-order chi connectivity index (χ1) is 15.6. The van der Waals surface area contributed by atoms with Gasteiger partial charge in [0.25, 0.3) is 5.91 Å². The standard InChI is InChI=1S/C23H26N2O7/c1-29-17-6-3-5-15(22(17)30-2)19-18(20(26)16-7-4-12-32-16)21(27)23(28)25(19)9-8-24-10-13-31-14-11-24/h3-7,12,19,27H,8-11,13-14H2,1-2H3/t19-/m1/s1. The molecule has 0 spiro atoms. The summed E-state index contributed by atoms with van der Waals surface area (Å²) in [5.41, 5.74) is 0.500. The van der Waals surface area contributed by atoms with Crippen LogP contribution in [-0.4, -0.2) is 80.2 Å². The number of hydrogen-bond donors (Lipinski definition) is 1. The number of aliphatic hydroxyl groups excluding tert-OH is 1. The Labute approximate surface area is 185 Å². The molecule has 1 atom stereocenters. The van der Waals surface area contributed by atoms with E-state index in [0.29, 0.717) is 43.4 Å². The molecule has 1 amide bonds. The average molecular weight is 442 g/mol. The molecule has 2 aliphatic heterocycles. The zero-order valence-electron chi connectivity index (χ0n) is 18.1. The highest BCUT2D eigenvalue weighted by molar-refractivity contribution is 6.15. The van der Waals surface area contributed by atoms with Crippen LogP contribution in [0.1, 0.15) is 22.2 Å². The zero-order chi connectivity index (χ0) is 22.7. The van der Waals surface area contributed by atoms with Gasteiger partial charge in [-0.1, -0.05) is 12.1 Å². The number of nitrogens with zero attached hydrogens (tertiary/aromatic N) is 2. The summed E-state index contributed by atoms with van der Waals surface area (Å²) >= 11 is 0. The molecule has 0 saturated carbocycles. The molecule has 2 aromatic rings. The van der Waals surface area contributed by atoms with Crippen molar-refractivity contribution < 1.29 is 33.3 Å². The average Bonchev–Trinajstić information content (AvgIpc) is 3.45. The van der Waals surface area contributed by atoms with Crippen LogP contribution < -0.4 is 9.47 Å². The summed E-state index contributed by atoms with van der Waals surface area (Å²) in [6.07, 6.45) is 1.37. The van der Waals surface area contributed by atoms with Crippen LogP contribution in [0.25, 0.3) is 0 Å². The van der Waals surface area contributed by atoms with Crippen molar-refractivity contribution in [2.75, 3.05) is 53.6 Å². The fraction of sp³-hybridized carbons (Fsp3) is 0.391. The van der Waals surface area contributed by atoms with E-state index in [9.17, 15) is 14.7 Å². The maximum atomic E-state index is 13.3. The van der Waals surface area contributed by atoms with Gasteiger partial charge in [0.15, 0.2) is 23.0 Å². The molecule has 9 heteroatoms. The van der Waals surface area contributed by atoms with E-state index in [-0.39, 0.29) is 11.3 Å². The summed E-state index contributed by atoms with van der Waals surface area (Å²) < 4.78 is 21.7. The van der Waals surface area contributed by atoms with Crippen molar-refractivity contribution in [3.8, 4) is 11.5 Å². The minimum Gasteiger partial charge on any atom is -0.503 e. The minimum absolute atomic E-state index is 0.0428. The number of furan rings is 1. The molecule has 3 heterocycles. The number of carbonyl (C=O) groups is 2. The van der Waals surface area contributed by atoms with E-state index in [0.717, 1.165) is 13.1 Å². The van der Waals surface area contributed by atoms with E-state index >= 15 is 0 Å². The second-order valence-electron chi connectivity index (χ2n) is 7.51. The lowest BCUT2D eigenvalue weighted by Crippen LogP contribution is -2.43. The van der Waals surface area contributed by atoms with E-state index < -0.39 is 23.5 Å². The summed E-state index contributed by atoms with van der Waals surface area (Å²) in [6, 6.07) is 7.48. The second-order valence-corrected chi connectivity index (χ2v) is 7.51. The topological polar surface area (TPSA) is 102 Å². The summed E-state index contributed by atoms with van der Waals surface area (Å²) in [5.74, 6) is -0.845. The van der Waals surface area contributed by atoms with Crippen LogP contribution in [0, 0.1) is 0 Å². The lowest BCUT2D eigenvalue weighted by molar-refractivity contribution is -0.129. The normalized spacial score (nSPS) is 19.5. The van der Waals surface area contributed by atoms with Crippen LogP contribution in [0.2, 0.25) is 0 Å². The largest absolute Gasteiger partial charge is 0.503 e. The number of morpholine rings is 1. The predicted octanol–water partition coefficient (Wildman–Crippen LogP) is 2.21. The Balaban J connectivity index is 1.75. The molecule has 1 aromatic heterocycles. The Hall–Kier alpha value is -3.30.